The van der Waals surface area contributed by atoms with Crippen molar-refractivity contribution in [2.24, 2.45) is 10.7 Å². The zero-order valence-corrected chi connectivity index (χ0v) is 10.7. The van der Waals surface area contributed by atoms with Crippen LogP contribution in [0, 0.1) is 0 Å². The van der Waals surface area contributed by atoms with E-state index in [-0.39, 0.29) is 6.10 Å². The van der Waals surface area contributed by atoms with Crippen LogP contribution in [0.5, 0.6) is 5.75 Å². The molecule has 0 aliphatic carbocycles. The molecule has 1 atom stereocenters. The molecule has 0 spiro atoms. The molecule has 0 aliphatic rings. The number of nitrogens with one attached hydrogen (secondary N) is 1. The smallest absolute Gasteiger partial charge is 0.193 e. The lowest BCUT2D eigenvalue weighted by atomic mass is 10.3. The van der Waals surface area contributed by atoms with Gasteiger partial charge in [0.25, 0.3) is 0 Å². The number of rotatable bonds is 5. The van der Waals surface area contributed by atoms with Gasteiger partial charge in [-0.3, -0.25) is 4.99 Å². The first kappa shape index (κ1) is 13.4. The van der Waals surface area contributed by atoms with Crippen molar-refractivity contribution in [3.63, 3.8) is 0 Å². The average Bonchev–Trinajstić information content (AvgIpc) is 2.29. The molecule has 4 nitrogen and oxygen atoms in total. The molecule has 0 heterocycles. The molecule has 0 aliphatic heterocycles. The first-order chi connectivity index (χ1) is 8.15. The highest BCUT2D eigenvalue weighted by atomic mass is 16.5. The van der Waals surface area contributed by atoms with Crippen LogP contribution in [0.1, 0.15) is 27.2 Å². The fourth-order valence-corrected chi connectivity index (χ4v) is 1.32. The molecule has 0 saturated carbocycles. The van der Waals surface area contributed by atoms with Gasteiger partial charge in [-0.25, -0.2) is 0 Å². The van der Waals surface area contributed by atoms with Crippen molar-refractivity contribution in [2.45, 2.75) is 33.3 Å². The Morgan fingerprint density at radius 2 is 2.24 bits per heavy atom. The monoisotopic (exact) mass is 235 g/mol. The second kappa shape index (κ2) is 6.78. The summed E-state index contributed by atoms with van der Waals surface area (Å²) in [5.41, 5.74) is 6.58. The van der Waals surface area contributed by atoms with Crippen LogP contribution in [0.2, 0.25) is 0 Å². The van der Waals surface area contributed by atoms with E-state index in [0.29, 0.717) is 12.5 Å². The Morgan fingerprint density at radius 3 is 2.88 bits per heavy atom. The maximum absolute atomic E-state index is 5.72. The summed E-state index contributed by atoms with van der Waals surface area (Å²) in [6.45, 7) is 6.75. The molecule has 0 bridgehead atoms. The van der Waals surface area contributed by atoms with Gasteiger partial charge in [-0.2, -0.15) is 0 Å². The van der Waals surface area contributed by atoms with Gasteiger partial charge in [0, 0.05) is 18.3 Å². The molecule has 1 aromatic carbocycles. The zero-order valence-electron chi connectivity index (χ0n) is 10.7. The average molecular weight is 235 g/mol. The Morgan fingerprint density at radius 1 is 1.47 bits per heavy atom. The Hall–Kier alpha value is -1.71. The minimum atomic E-state index is 0.215. The van der Waals surface area contributed by atoms with Crippen molar-refractivity contribution < 1.29 is 4.74 Å². The van der Waals surface area contributed by atoms with Crippen molar-refractivity contribution in [2.75, 3.05) is 11.9 Å². The molecule has 17 heavy (non-hydrogen) atoms. The lowest BCUT2D eigenvalue weighted by Gasteiger charge is -2.13. The molecule has 0 fully saturated rings. The Balaban J connectivity index is 2.69. The van der Waals surface area contributed by atoms with Gasteiger partial charge in [0.05, 0.1) is 6.10 Å². The SMILES string of the molecule is CCN=C(N)Nc1cccc(OC(C)CC)c1. The molecule has 0 aromatic heterocycles. The summed E-state index contributed by atoms with van der Waals surface area (Å²) in [7, 11) is 0. The van der Waals surface area contributed by atoms with Crippen LogP contribution in [-0.2, 0) is 0 Å². The van der Waals surface area contributed by atoms with E-state index in [4.69, 9.17) is 10.5 Å². The zero-order chi connectivity index (χ0) is 12.7. The number of anilines is 1. The van der Waals surface area contributed by atoms with Gasteiger partial charge < -0.3 is 15.8 Å². The molecule has 0 saturated heterocycles. The molecule has 0 amide bonds. The highest BCUT2D eigenvalue weighted by Crippen LogP contribution is 2.18. The summed E-state index contributed by atoms with van der Waals surface area (Å²) in [6.07, 6.45) is 1.20. The summed E-state index contributed by atoms with van der Waals surface area (Å²) in [6, 6.07) is 7.72. The summed E-state index contributed by atoms with van der Waals surface area (Å²) in [5, 5.41) is 3.02. The standard InChI is InChI=1S/C13H21N3O/c1-4-10(3)17-12-8-6-7-11(9-12)16-13(14)15-5-2/h6-10H,4-5H2,1-3H3,(H3,14,15,16). The number of nitrogens with two attached hydrogens (primary N) is 1. The van der Waals surface area contributed by atoms with Crippen LogP contribution in [0.25, 0.3) is 0 Å². The largest absolute Gasteiger partial charge is 0.491 e. The molecule has 3 N–H and O–H groups in total. The fourth-order valence-electron chi connectivity index (χ4n) is 1.32. The van der Waals surface area contributed by atoms with E-state index >= 15 is 0 Å². The van der Waals surface area contributed by atoms with Crippen LogP contribution >= 0.6 is 0 Å². The van der Waals surface area contributed by atoms with Crippen LogP contribution < -0.4 is 15.8 Å². The lowest BCUT2D eigenvalue weighted by molar-refractivity contribution is 0.217. The van der Waals surface area contributed by atoms with Crippen molar-refractivity contribution in [3.8, 4) is 5.75 Å². The quantitative estimate of drug-likeness (QED) is 0.609. The summed E-state index contributed by atoms with van der Waals surface area (Å²) < 4.78 is 5.72. The van der Waals surface area contributed by atoms with E-state index in [0.717, 1.165) is 17.9 Å². The van der Waals surface area contributed by atoms with E-state index in [1.165, 1.54) is 0 Å². The topological polar surface area (TPSA) is 59.6 Å². The Labute approximate surface area is 103 Å². The maximum atomic E-state index is 5.72. The molecular weight excluding hydrogens is 214 g/mol. The number of guanidine groups is 1. The predicted molar refractivity (Wildman–Crippen MR) is 72.6 cm³/mol. The molecule has 1 rings (SSSR count). The van der Waals surface area contributed by atoms with Gasteiger partial charge in [0.1, 0.15) is 5.75 Å². The third-order valence-electron chi connectivity index (χ3n) is 2.35. The van der Waals surface area contributed by atoms with Crippen LogP contribution in [0.15, 0.2) is 29.3 Å². The van der Waals surface area contributed by atoms with Gasteiger partial charge in [0.2, 0.25) is 0 Å². The molecule has 4 heteroatoms. The second-order valence-corrected chi connectivity index (χ2v) is 3.85. The molecule has 0 radical (unpaired) electrons. The van der Waals surface area contributed by atoms with Gasteiger partial charge in [0.15, 0.2) is 5.96 Å². The number of ether oxygens (including phenoxy) is 1. The van der Waals surface area contributed by atoms with Gasteiger partial charge >= 0.3 is 0 Å². The van der Waals surface area contributed by atoms with Gasteiger partial charge in [-0.05, 0) is 32.4 Å². The normalized spacial score (nSPS) is 13.2. The van der Waals surface area contributed by atoms with E-state index in [2.05, 4.69) is 17.2 Å². The van der Waals surface area contributed by atoms with Crippen molar-refractivity contribution in [1.82, 2.24) is 0 Å². The predicted octanol–water partition coefficient (Wildman–Crippen LogP) is 2.61. The summed E-state index contributed by atoms with van der Waals surface area (Å²) in [5.74, 6) is 1.27. The number of aliphatic imine (C=N–C) groups is 1. The van der Waals surface area contributed by atoms with Gasteiger partial charge in [-0.1, -0.05) is 13.0 Å². The first-order valence-corrected chi connectivity index (χ1v) is 5.99. The van der Waals surface area contributed by atoms with Crippen LogP contribution in [-0.4, -0.2) is 18.6 Å². The maximum Gasteiger partial charge on any atom is 0.193 e. The third-order valence-corrected chi connectivity index (χ3v) is 2.35. The van der Waals surface area contributed by atoms with E-state index in [1.54, 1.807) is 0 Å². The lowest BCUT2D eigenvalue weighted by Crippen LogP contribution is -2.22. The van der Waals surface area contributed by atoms with E-state index in [9.17, 15) is 0 Å². The van der Waals surface area contributed by atoms with Crippen LogP contribution in [0.4, 0.5) is 5.69 Å². The fraction of sp³-hybridized carbons (Fsp3) is 0.462. The van der Waals surface area contributed by atoms with Crippen LogP contribution in [0.3, 0.4) is 0 Å². The van der Waals surface area contributed by atoms with E-state index < -0.39 is 0 Å². The second-order valence-electron chi connectivity index (χ2n) is 3.85. The molecule has 94 valence electrons. The number of nitrogens with zero attached hydrogens (tertiary/aromatic N) is 1. The molecule has 1 unspecified atom stereocenters. The van der Waals surface area contributed by atoms with E-state index in [1.807, 2.05) is 38.1 Å². The Kier molecular flexibility index (Phi) is 5.33. The minimum Gasteiger partial charge on any atom is -0.491 e. The summed E-state index contributed by atoms with van der Waals surface area (Å²) in [4.78, 5) is 4.07. The Bertz CT molecular complexity index is 377. The minimum absolute atomic E-state index is 0.215. The van der Waals surface area contributed by atoms with Crippen molar-refractivity contribution in [3.05, 3.63) is 24.3 Å². The highest BCUT2D eigenvalue weighted by molar-refractivity contribution is 5.92. The molecular formula is C13H21N3O. The molecule has 1 aromatic rings. The third kappa shape index (κ3) is 4.76. The van der Waals surface area contributed by atoms with Crippen molar-refractivity contribution >= 4 is 11.6 Å². The first-order valence-electron chi connectivity index (χ1n) is 5.99. The highest BCUT2D eigenvalue weighted by Gasteiger charge is 2.02. The number of benzene rings is 1. The van der Waals surface area contributed by atoms with Crippen molar-refractivity contribution in [1.29, 1.82) is 0 Å². The number of hydrogen-bond acceptors (Lipinski definition) is 2. The summed E-state index contributed by atoms with van der Waals surface area (Å²) >= 11 is 0. The number of hydrogen-bond donors (Lipinski definition) is 2. The van der Waals surface area contributed by atoms with Gasteiger partial charge in [-0.15, -0.1) is 0 Å².